The predicted molar refractivity (Wildman–Crippen MR) is 78.6 cm³/mol. The van der Waals surface area contributed by atoms with Gasteiger partial charge < -0.3 is 15.0 Å². The van der Waals surface area contributed by atoms with E-state index in [9.17, 15) is 0 Å². The third kappa shape index (κ3) is 2.23. The fourth-order valence-corrected chi connectivity index (χ4v) is 2.27. The van der Waals surface area contributed by atoms with Crippen molar-refractivity contribution in [2.24, 2.45) is 0 Å². The maximum Gasteiger partial charge on any atom is 0.316 e. The van der Waals surface area contributed by atoms with Crippen LogP contribution >= 0.6 is 0 Å². The summed E-state index contributed by atoms with van der Waals surface area (Å²) in [5, 5.41) is 4.40. The molecule has 5 heteroatoms. The standard InChI is InChI=1S/C15H16N4O/c1-16-6-12-9-17-14-5-10(3-4-13(12)14)11-7-18-15(20-2)19-8-11/h3-5,7-9,16-17H,6H2,1-2H3. The quantitative estimate of drug-likeness (QED) is 0.762. The van der Waals surface area contributed by atoms with Gasteiger partial charge in [0.15, 0.2) is 0 Å². The number of ether oxygens (including phenoxy) is 1. The molecule has 20 heavy (non-hydrogen) atoms. The Hall–Kier alpha value is -2.40. The van der Waals surface area contributed by atoms with Crippen LogP contribution in [0.1, 0.15) is 5.56 Å². The van der Waals surface area contributed by atoms with Crippen LogP contribution in [0.15, 0.2) is 36.8 Å². The zero-order chi connectivity index (χ0) is 13.9. The normalized spacial score (nSPS) is 10.9. The van der Waals surface area contributed by atoms with Crippen molar-refractivity contribution in [3.8, 4) is 17.1 Å². The maximum absolute atomic E-state index is 4.97. The van der Waals surface area contributed by atoms with Gasteiger partial charge in [-0.2, -0.15) is 0 Å². The molecule has 0 amide bonds. The van der Waals surface area contributed by atoms with E-state index in [-0.39, 0.29) is 0 Å². The van der Waals surface area contributed by atoms with Crippen LogP contribution in [-0.2, 0) is 6.54 Å². The molecule has 1 aromatic carbocycles. The van der Waals surface area contributed by atoms with Crippen molar-refractivity contribution in [3.63, 3.8) is 0 Å². The molecule has 0 spiro atoms. The van der Waals surface area contributed by atoms with E-state index in [2.05, 4.69) is 38.5 Å². The smallest absolute Gasteiger partial charge is 0.316 e. The molecule has 0 radical (unpaired) electrons. The average molecular weight is 268 g/mol. The van der Waals surface area contributed by atoms with Gasteiger partial charge in [-0.15, -0.1) is 0 Å². The van der Waals surface area contributed by atoms with Gasteiger partial charge in [0, 0.05) is 41.6 Å². The lowest BCUT2D eigenvalue weighted by Gasteiger charge is -2.03. The van der Waals surface area contributed by atoms with E-state index in [1.165, 1.54) is 10.9 Å². The molecule has 0 aliphatic carbocycles. The Morgan fingerprint density at radius 2 is 2.00 bits per heavy atom. The van der Waals surface area contributed by atoms with Gasteiger partial charge in [-0.25, -0.2) is 9.97 Å². The molecule has 0 bridgehead atoms. The van der Waals surface area contributed by atoms with E-state index < -0.39 is 0 Å². The summed E-state index contributed by atoms with van der Waals surface area (Å²) < 4.78 is 4.97. The molecule has 0 unspecified atom stereocenters. The predicted octanol–water partition coefficient (Wildman–Crippen LogP) is 2.35. The third-order valence-electron chi connectivity index (χ3n) is 3.28. The highest BCUT2D eigenvalue weighted by molar-refractivity contribution is 5.87. The van der Waals surface area contributed by atoms with Crippen molar-refractivity contribution in [2.45, 2.75) is 6.54 Å². The van der Waals surface area contributed by atoms with Gasteiger partial charge in [-0.05, 0) is 24.2 Å². The lowest BCUT2D eigenvalue weighted by Crippen LogP contribution is -2.03. The lowest BCUT2D eigenvalue weighted by molar-refractivity contribution is 0.380. The first-order chi connectivity index (χ1) is 9.81. The van der Waals surface area contributed by atoms with Crippen LogP contribution < -0.4 is 10.1 Å². The molecule has 2 heterocycles. The fourth-order valence-electron chi connectivity index (χ4n) is 2.27. The third-order valence-corrected chi connectivity index (χ3v) is 3.28. The maximum atomic E-state index is 4.97. The number of aromatic amines is 1. The molecule has 3 aromatic rings. The molecule has 0 aliphatic heterocycles. The van der Waals surface area contributed by atoms with Crippen molar-refractivity contribution >= 4 is 10.9 Å². The number of hydrogen-bond acceptors (Lipinski definition) is 4. The molecule has 0 fully saturated rings. The lowest BCUT2D eigenvalue weighted by atomic mass is 10.1. The van der Waals surface area contributed by atoms with Crippen LogP contribution in [0.4, 0.5) is 0 Å². The summed E-state index contributed by atoms with van der Waals surface area (Å²) in [6, 6.07) is 6.70. The number of aromatic nitrogens is 3. The van der Waals surface area contributed by atoms with E-state index >= 15 is 0 Å². The van der Waals surface area contributed by atoms with Gasteiger partial charge in [0.25, 0.3) is 0 Å². The summed E-state index contributed by atoms with van der Waals surface area (Å²) in [6.45, 7) is 0.852. The summed E-state index contributed by atoms with van der Waals surface area (Å²) in [7, 11) is 3.51. The molecule has 102 valence electrons. The van der Waals surface area contributed by atoms with Crippen LogP contribution in [-0.4, -0.2) is 29.1 Å². The number of nitrogens with zero attached hydrogens (tertiary/aromatic N) is 2. The Kier molecular flexibility index (Phi) is 3.35. The second-order valence-electron chi connectivity index (χ2n) is 4.56. The topological polar surface area (TPSA) is 62.8 Å². The number of nitrogens with one attached hydrogen (secondary N) is 2. The fraction of sp³-hybridized carbons (Fsp3) is 0.200. The zero-order valence-corrected chi connectivity index (χ0v) is 11.5. The minimum absolute atomic E-state index is 0.381. The molecule has 0 saturated carbocycles. The van der Waals surface area contributed by atoms with Crippen LogP contribution in [0, 0.1) is 0 Å². The number of H-pyrrole nitrogens is 1. The van der Waals surface area contributed by atoms with Crippen molar-refractivity contribution in [3.05, 3.63) is 42.4 Å². The van der Waals surface area contributed by atoms with Gasteiger partial charge in [-0.3, -0.25) is 0 Å². The van der Waals surface area contributed by atoms with Gasteiger partial charge in [0.05, 0.1) is 7.11 Å². The van der Waals surface area contributed by atoms with Gasteiger partial charge in [-0.1, -0.05) is 12.1 Å². The Bertz CT molecular complexity index is 718. The van der Waals surface area contributed by atoms with Gasteiger partial charge in [0.2, 0.25) is 0 Å². The molecule has 0 aliphatic rings. The summed E-state index contributed by atoms with van der Waals surface area (Å²) in [6.07, 6.45) is 5.57. The molecule has 3 rings (SSSR count). The monoisotopic (exact) mass is 268 g/mol. The summed E-state index contributed by atoms with van der Waals surface area (Å²) >= 11 is 0. The van der Waals surface area contributed by atoms with E-state index in [0.29, 0.717) is 6.01 Å². The van der Waals surface area contributed by atoms with Crippen LogP contribution in [0.2, 0.25) is 0 Å². The zero-order valence-electron chi connectivity index (χ0n) is 11.5. The van der Waals surface area contributed by atoms with Crippen LogP contribution in [0.5, 0.6) is 6.01 Å². The number of rotatable bonds is 4. The Morgan fingerprint density at radius 1 is 1.20 bits per heavy atom. The van der Waals surface area contributed by atoms with Crippen LogP contribution in [0.3, 0.4) is 0 Å². The molecule has 2 aromatic heterocycles. The number of fused-ring (bicyclic) bond motifs is 1. The summed E-state index contributed by atoms with van der Waals surface area (Å²) in [5.74, 6) is 0. The Morgan fingerprint density at radius 3 is 2.70 bits per heavy atom. The van der Waals surface area contributed by atoms with E-state index in [1.807, 2.05) is 13.2 Å². The van der Waals surface area contributed by atoms with E-state index in [1.54, 1.807) is 19.5 Å². The molecular formula is C15H16N4O. The van der Waals surface area contributed by atoms with Crippen molar-refractivity contribution in [1.82, 2.24) is 20.3 Å². The minimum atomic E-state index is 0.381. The second-order valence-corrected chi connectivity index (χ2v) is 4.56. The first-order valence-corrected chi connectivity index (χ1v) is 6.43. The highest BCUT2D eigenvalue weighted by Crippen LogP contribution is 2.25. The Balaban J connectivity index is 1.99. The van der Waals surface area contributed by atoms with Gasteiger partial charge >= 0.3 is 6.01 Å². The number of methoxy groups -OCH3 is 1. The number of hydrogen-bond donors (Lipinski definition) is 2. The second kappa shape index (κ2) is 5.30. The van der Waals surface area contributed by atoms with Gasteiger partial charge in [0.1, 0.15) is 0 Å². The van der Waals surface area contributed by atoms with Crippen molar-refractivity contribution < 1.29 is 4.74 Å². The molecule has 0 saturated heterocycles. The first kappa shape index (κ1) is 12.6. The highest BCUT2D eigenvalue weighted by Gasteiger charge is 2.06. The van der Waals surface area contributed by atoms with E-state index in [4.69, 9.17) is 4.74 Å². The van der Waals surface area contributed by atoms with Crippen molar-refractivity contribution in [2.75, 3.05) is 14.2 Å². The van der Waals surface area contributed by atoms with Crippen LogP contribution in [0.25, 0.3) is 22.0 Å². The molecule has 0 atom stereocenters. The average Bonchev–Trinajstić information content (AvgIpc) is 2.90. The SMILES string of the molecule is CNCc1c[nH]c2cc(-c3cnc(OC)nc3)ccc12. The largest absolute Gasteiger partial charge is 0.467 e. The highest BCUT2D eigenvalue weighted by atomic mass is 16.5. The first-order valence-electron chi connectivity index (χ1n) is 6.43. The van der Waals surface area contributed by atoms with E-state index in [0.717, 1.165) is 23.2 Å². The number of benzene rings is 1. The Labute approximate surface area is 117 Å². The van der Waals surface area contributed by atoms with Crippen molar-refractivity contribution in [1.29, 1.82) is 0 Å². The minimum Gasteiger partial charge on any atom is -0.467 e. The molecular weight excluding hydrogens is 252 g/mol. The molecule has 5 nitrogen and oxygen atoms in total. The molecule has 2 N–H and O–H groups in total. The summed E-state index contributed by atoms with van der Waals surface area (Å²) in [5.41, 5.74) is 4.43. The summed E-state index contributed by atoms with van der Waals surface area (Å²) in [4.78, 5) is 11.6.